The number of hydrogen-bond donors (Lipinski definition) is 9. The molecule has 2 rings (SSSR count). The largest absolute Gasteiger partial charge is 0.395 e. The summed E-state index contributed by atoms with van der Waals surface area (Å²) in [5, 5.41) is 80.1. The molecule has 2 aliphatic rings. The van der Waals surface area contributed by atoms with Gasteiger partial charge in [0.2, 0.25) is 0 Å². The zero-order valence-electron chi connectivity index (χ0n) is 12.4. The summed E-state index contributed by atoms with van der Waals surface area (Å²) in [6.45, 7) is -1.04. The Balaban J connectivity index is 2.07. The molecule has 9 N–H and O–H groups in total. The van der Waals surface area contributed by atoms with Gasteiger partial charge in [0, 0.05) is 6.04 Å². The van der Waals surface area contributed by atoms with Crippen molar-refractivity contribution in [3.05, 3.63) is 0 Å². The Labute approximate surface area is 132 Å². The molecule has 0 spiro atoms. The standard InChI is InChI=1S/C13H25NO9/c15-2-5-9(18)12(21)8(17)4(14-5)1-6-10(19)13(22)11(20)7(3-16)23-6/h4-22H,1-3H2/t4-,5?,6-,7+,8?,9+,10?,11+,12?,13?/m0/s1. The van der Waals surface area contributed by atoms with Crippen LogP contribution in [0.4, 0.5) is 0 Å². The second-order valence-corrected chi connectivity index (χ2v) is 6.14. The third-order valence-corrected chi connectivity index (χ3v) is 4.63. The van der Waals surface area contributed by atoms with Gasteiger partial charge in [0.25, 0.3) is 0 Å². The molecule has 0 aromatic heterocycles. The van der Waals surface area contributed by atoms with Crippen molar-refractivity contribution < 1.29 is 45.6 Å². The van der Waals surface area contributed by atoms with Gasteiger partial charge in [0.05, 0.1) is 37.6 Å². The highest BCUT2D eigenvalue weighted by Gasteiger charge is 2.47. The number of rotatable bonds is 4. The monoisotopic (exact) mass is 339 g/mol. The molecule has 10 nitrogen and oxygen atoms in total. The molecule has 5 unspecified atom stereocenters. The highest BCUT2D eigenvalue weighted by molar-refractivity contribution is 5.01. The van der Waals surface area contributed by atoms with Crippen molar-refractivity contribution in [3.8, 4) is 0 Å². The van der Waals surface area contributed by atoms with Gasteiger partial charge in [-0.25, -0.2) is 0 Å². The number of aliphatic hydroxyl groups excluding tert-OH is 8. The van der Waals surface area contributed by atoms with Gasteiger partial charge in [-0.2, -0.15) is 0 Å². The molecular formula is C13H25NO9. The van der Waals surface area contributed by atoms with Crippen LogP contribution in [0.25, 0.3) is 0 Å². The van der Waals surface area contributed by atoms with Crippen molar-refractivity contribution in [2.75, 3.05) is 13.2 Å². The van der Waals surface area contributed by atoms with Crippen LogP contribution in [0.3, 0.4) is 0 Å². The van der Waals surface area contributed by atoms with Crippen LogP contribution in [-0.2, 0) is 4.74 Å². The molecule has 0 aromatic rings. The minimum absolute atomic E-state index is 0.0805. The highest BCUT2D eigenvalue weighted by Crippen LogP contribution is 2.27. The van der Waals surface area contributed by atoms with E-state index in [-0.39, 0.29) is 6.42 Å². The first kappa shape index (κ1) is 18.9. The van der Waals surface area contributed by atoms with Crippen LogP contribution in [0.5, 0.6) is 0 Å². The summed E-state index contributed by atoms with van der Waals surface area (Å²) in [5.74, 6) is 0. The average molecular weight is 339 g/mol. The molecule has 0 saturated carbocycles. The highest BCUT2D eigenvalue weighted by atomic mass is 16.5. The number of nitrogens with one attached hydrogen (secondary N) is 1. The molecule has 2 saturated heterocycles. The minimum Gasteiger partial charge on any atom is -0.395 e. The van der Waals surface area contributed by atoms with Crippen LogP contribution in [-0.4, -0.2) is 115 Å². The smallest absolute Gasteiger partial charge is 0.111 e. The third-order valence-electron chi connectivity index (χ3n) is 4.63. The van der Waals surface area contributed by atoms with E-state index in [1.54, 1.807) is 0 Å². The first-order valence-corrected chi connectivity index (χ1v) is 7.53. The second-order valence-electron chi connectivity index (χ2n) is 6.14. The Kier molecular flexibility index (Phi) is 6.30. The normalized spacial score (nSPS) is 51.7. The lowest BCUT2D eigenvalue weighted by Gasteiger charge is -2.45. The lowest BCUT2D eigenvalue weighted by atomic mass is 9.85. The number of aliphatic hydroxyl groups is 8. The molecule has 10 heteroatoms. The molecule has 23 heavy (non-hydrogen) atoms. The van der Waals surface area contributed by atoms with Crippen LogP contribution in [0, 0.1) is 0 Å². The van der Waals surface area contributed by atoms with E-state index in [9.17, 15) is 35.7 Å². The van der Waals surface area contributed by atoms with E-state index < -0.39 is 74.1 Å². The van der Waals surface area contributed by atoms with Crippen molar-refractivity contribution in [2.24, 2.45) is 0 Å². The van der Waals surface area contributed by atoms with Crippen LogP contribution >= 0.6 is 0 Å². The van der Waals surface area contributed by atoms with E-state index in [0.717, 1.165) is 0 Å². The van der Waals surface area contributed by atoms with Crippen molar-refractivity contribution in [1.29, 1.82) is 0 Å². The second kappa shape index (κ2) is 7.66. The Morgan fingerprint density at radius 2 is 1.13 bits per heavy atom. The Morgan fingerprint density at radius 3 is 1.70 bits per heavy atom. The Morgan fingerprint density at radius 1 is 0.609 bits per heavy atom. The van der Waals surface area contributed by atoms with Crippen LogP contribution in [0.2, 0.25) is 0 Å². The first-order chi connectivity index (χ1) is 10.8. The summed E-state index contributed by atoms with van der Waals surface area (Å²) in [4.78, 5) is 0. The summed E-state index contributed by atoms with van der Waals surface area (Å²) in [6.07, 6.45) is -10.9. The van der Waals surface area contributed by atoms with Gasteiger partial charge in [0.1, 0.15) is 30.5 Å². The lowest BCUT2D eigenvalue weighted by molar-refractivity contribution is -0.235. The maximum atomic E-state index is 10.0. The molecule has 10 atom stereocenters. The predicted octanol–water partition coefficient (Wildman–Crippen LogP) is -5.37. The number of piperidine rings is 1. The zero-order chi connectivity index (χ0) is 17.3. The van der Waals surface area contributed by atoms with Crippen molar-refractivity contribution in [2.45, 2.75) is 67.3 Å². The number of ether oxygens (including phenoxy) is 1. The molecule has 2 fully saturated rings. The van der Waals surface area contributed by atoms with Gasteiger partial charge in [-0.05, 0) is 6.42 Å². The summed E-state index contributed by atoms with van der Waals surface area (Å²) >= 11 is 0. The van der Waals surface area contributed by atoms with E-state index in [1.165, 1.54) is 0 Å². The SMILES string of the molecule is OCC1N[C@@H](C[C@@H]2O[C@H](CO)[C@@H](O)C(O)C2O)C(O)C(O)[C@@H]1O. The van der Waals surface area contributed by atoms with Gasteiger partial charge in [-0.15, -0.1) is 0 Å². The van der Waals surface area contributed by atoms with Gasteiger partial charge in [0.15, 0.2) is 0 Å². The fraction of sp³-hybridized carbons (Fsp3) is 1.00. The van der Waals surface area contributed by atoms with E-state index in [2.05, 4.69) is 5.32 Å². The van der Waals surface area contributed by atoms with Crippen molar-refractivity contribution in [1.82, 2.24) is 5.32 Å². The summed E-state index contributed by atoms with van der Waals surface area (Å²) in [7, 11) is 0. The number of hydrogen-bond acceptors (Lipinski definition) is 10. The molecule has 0 bridgehead atoms. The summed E-state index contributed by atoms with van der Waals surface area (Å²) in [6, 6.07) is -1.71. The molecule has 0 aromatic carbocycles. The molecule has 2 aliphatic heterocycles. The zero-order valence-corrected chi connectivity index (χ0v) is 12.4. The van der Waals surface area contributed by atoms with Crippen molar-refractivity contribution in [3.63, 3.8) is 0 Å². The first-order valence-electron chi connectivity index (χ1n) is 7.53. The Bertz CT molecular complexity index is 348. The van der Waals surface area contributed by atoms with E-state index >= 15 is 0 Å². The average Bonchev–Trinajstić information content (AvgIpc) is 2.55. The van der Waals surface area contributed by atoms with E-state index in [1.807, 2.05) is 0 Å². The van der Waals surface area contributed by atoms with Crippen LogP contribution < -0.4 is 5.32 Å². The van der Waals surface area contributed by atoms with Gasteiger partial charge in [-0.1, -0.05) is 0 Å². The van der Waals surface area contributed by atoms with Gasteiger partial charge < -0.3 is 50.9 Å². The van der Waals surface area contributed by atoms with Crippen LogP contribution in [0.15, 0.2) is 0 Å². The van der Waals surface area contributed by atoms with E-state index in [0.29, 0.717) is 0 Å². The van der Waals surface area contributed by atoms with Crippen LogP contribution in [0.1, 0.15) is 6.42 Å². The minimum atomic E-state index is -1.53. The van der Waals surface area contributed by atoms with Crippen molar-refractivity contribution >= 4 is 0 Å². The molecule has 0 aliphatic carbocycles. The lowest BCUT2D eigenvalue weighted by Crippen LogP contribution is -2.67. The molecule has 2 heterocycles. The maximum Gasteiger partial charge on any atom is 0.111 e. The molecule has 0 amide bonds. The fourth-order valence-electron chi connectivity index (χ4n) is 3.14. The summed E-state index contributed by atoms with van der Waals surface area (Å²) < 4.78 is 5.34. The van der Waals surface area contributed by atoms with E-state index in [4.69, 9.17) is 9.84 Å². The molecular weight excluding hydrogens is 314 g/mol. The molecule has 136 valence electrons. The topological polar surface area (TPSA) is 183 Å². The third kappa shape index (κ3) is 3.66. The Hall–Kier alpha value is -0.400. The fourth-order valence-corrected chi connectivity index (χ4v) is 3.14. The maximum absolute atomic E-state index is 10.0. The van der Waals surface area contributed by atoms with Gasteiger partial charge in [-0.3, -0.25) is 0 Å². The van der Waals surface area contributed by atoms with Gasteiger partial charge >= 0.3 is 0 Å². The quantitative estimate of drug-likeness (QED) is 0.240. The summed E-state index contributed by atoms with van der Waals surface area (Å²) in [5.41, 5.74) is 0. The predicted molar refractivity (Wildman–Crippen MR) is 74.2 cm³/mol. The molecule has 0 radical (unpaired) electrons.